The van der Waals surface area contributed by atoms with Crippen molar-refractivity contribution >= 4 is 32.6 Å². The second kappa shape index (κ2) is 8.19. The first-order valence-electron chi connectivity index (χ1n) is 9.72. The largest absolute Gasteiger partial charge is 0.494 e. The van der Waals surface area contributed by atoms with Crippen LogP contribution >= 0.6 is 11.3 Å². The Labute approximate surface area is 169 Å². The highest BCUT2D eigenvalue weighted by Crippen LogP contribution is 2.34. The van der Waals surface area contributed by atoms with Gasteiger partial charge in [0.1, 0.15) is 11.3 Å². The molecule has 28 heavy (non-hydrogen) atoms. The molecule has 0 aliphatic carbocycles. The Kier molecular flexibility index (Phi) is 5.48. The minimum Gasteiger partial charge on any atom is -0.494 e. The van der Waals surface area contributed by atoms with Gasteiger partial charge in [0.15, 0.2) is 5.13 Å². The summed E-state index contributed by atoms with van der Waals surface area (Å²) in [6, 6.07) is 14.4. The van der Waals surface area contributed by atoms with E-state index in [0.717, 1.165) is 59.3 Å². The predicted molar refractivity (Wildman–Crippen MR) is 114 cm³/mol. The number of piperazine rings is 1. The number of anilines is 1. The number of benzene rings is 2. The van der Waals surface area contributed by atoms with Gasteiger partial charge in [0, 0.05) is 26.2 Å². The van der Waals surface area contributed by atoms with Crippen molar-refractivity contribution in [3.63, 3.8) is 0 Å². The number of carbonyl (C=O) groups excluding carboxylic acids is 1. The Morgan fingerprint density at radius 1 is 1.07 bits per heavy atom. The summed E-state index contributed by atoms with van der Waals surface area (Å²) in [6.45, 7) is 5.23. The maximum absolute atomic E-state index is 12.7. The zero-order valence-electron chi connectivity index (χ0n) is 16.4. The maximum atomic E-state index is 12.7. The third-order valence-electron chi connectivity index (χ3n) is 5.28. The molecule has 146 valence electrons. The van der Waals surface area contributed by atoms with E-state index in [-0.39, 0.29) is 5.91 Å². The number of hydrogen-bond donors (Lipinski definition) is 0. The van der Waals surface area contributed by atoms with E-state index in [2.05, 4.69) is 42.2 Å². The standard InChI is InChI=1S/C22H25N3O2S/c1-3-16-7-9-17(10-8-16)15-20(26)24-11-13-25(14-12-24)22-23-21-18(27-2)5-4-6-19(21)28-22/h4-10H,3,11-15H2,1-2H3. The molecule has 0 atom stereocenters. The lowest BCUT2D eigenvalue weighted by molar-refractivity contribution is -0.130. The number of thiazole rings is 1. The van der Waals surface area contributed by atoms with Crippen LogP contribution < -0.4 is 9.64 Å². The fourth-order valence-electron chi connectivity index (χ4n) is 3.54. The number of nitrogens with zero attached hydrogens (tertiary/aromatic N) is 3. The fraction of sp³-hybridized carbons (Fsp3) is 0.364. The van der Waals surface area contributed by atoms with Crippen LogP contribution in [0.5, 0.6) is 5.75 Å². The normalized spacial score (nSPS) is 14.5. The SMILES string of the molecule is CCc1ccc(CC(=O)N2CCN(c3nc4c(OC)cccc4s3)CC2)cc1. The number of aromatic nitrogens is 1. The zero-order valence-corrected chi connectivity index (χ0v) is 17.2. The first-order valence-corrected chi connectivity index (χ1v) is 10.5. The minimum atomic E-state index is 0.204. The van der Waals surface area contributed by atoms with E-state index in [0.29, 0.717) is 6.42 Å². The molecule has 0 radical (unpaired) electrons. The number of hydrogen-bond acceptors (Lipinski definition) is 5. The van der Waals surface area contributed by atoms with Crippen molar-refractivity contribution < 1.29 is 9.53 Å². The van der Waals surface area contributed by atoms with Crippen LogP contribution in [0.15, 0.2) is 42.5 Å². The fourth-order valence-corrected chi connectivity index (χ4v) is 4.57. The average Bonchev–Trinajstić information content (AvgIpc) is 3.19. The summed E-state index contributed by atoms with van der Waals surface area (Å²) in [5.74, 6) is 1.01. The van der Waals surface area contributed by atoms with Crippen molar-refractivity contribution in [2.75, 3.05) is 38.2 Å². The lowest BCUT2D eigenvalue weighted by Crippen LogP contribution is -2.49. The van der Waals surface area contributed by atoms with E-state index in [9.17, 15) is 4.79 Å². The van der Waals surface area contributed by atoms with Gasteiger partial charge in [-0.05, 0) is 29.7 Å². The van der Waals surface area contributed by atoms with Crippen molar-refractivity contribution in [1.29, 1.82) is 0 Å². The maximum Gasteiger partial charge on any atom is 0.227 e. The molecular weight excluding hydrogens is 370 g/mol. The summed E-state index contributed by atoms with van der Waals surface area (Å²) in [5.41, 5.74) is 3.30. The third-order valence-corrected chi connectivity index (χ3v) is 6.36. The summed E-state index contributed by atoms with van der Waals surface area (Å²) >= 11 is 1.68. The summed E-state index contributed by atoms with van der Waals surface area (Å²) in [7, 11) is 1.67. The molecular formula is C22H25N3O2S. The first-order chi connectivity index (χ1) is 13.7. The number of amides is 1. The number of ether oxygens (including phenoxy) is 1. The van der Waals surface area contributed by atoms with Crippen LogP contribution in [0.3, 0.4) is 0 Å². The van der Waals surface area contributed by atoms with Crippen molar-refractivity contribution in [1.82, 2.24) is 9.88 Å². The van der Waals surface area contributed by atoms with Crippen LogP contribution in [0, 0.1) is 0 Å². The van der Waals surface area contributed by atoms with Crippen LogP contribution in [0.2, 0.25) is 0 Å². The highest BCUT2D eigenvalue weighted by molar-refractivity contribution is 7.22. The van der Waals surface area contributed by atoms with E-state index in [4.69, 9.17) is 9.72 Å². The molecule has 1 saturated heterocycles. The molecule has 0 saturated carbocycles. The molecule has 5 nitrogen and oxygen atoms in total. The van der Waals surface area contributed by atoms with E-state index in [1.807, 2.05) is 17.0 Å². The highest BCUT2D eigenvalue weighted by Gasteiger charge is 2.23. The Morgan fingerprint density at radius 2 is 1.79 bits per heavy atom. The van der Waals surface area contributed by atoms with Crippen LogP contribution in [-0.2, 0) is 17.6 Å². The van der Waals surface area contributed by atoms with Gasteiger partial charge in [-0.1, -0.05) is 48.6 Å². The lowest BCUT2D eigenvalue weighted by atomic mass is 10.1. The van der Waals surface area contributed by atoms with Crippen molar-refractivity contribution in [2.45, 2.75) is 19.8 Å². The molecule has 6 heteroatoms. The molecule has 3 aromatic rings. The molecule has 1 amide bonds. The smallest absolute Gasteiger partial charge is 0.227 e. The van der Waals surface area contributed by atoms with Gasteiger partial charge in [-0.15, -0.1) is 0 Å². The summed E-state index contributed by atoms with van der Waals surface area (Å²) < 4.78 is 6.55. The second-order valence-corrected chi connectivity index (χ2v) is 8.03. The predicted octanol–water partition coefficient (Wildman–Crippen LogP) is 3.76. The molecule has 1 aromatic heterocycles. The second-order valence-electron chi connectivity index (χ2n) is 7.02. The van der Waals surface area contributed by atoms with E-state index in [1.54, 1.807) is 18.4 Å². The van der Waals surface area contributed by atoms with Gasteiger partial charge >= 0.3 is 0 Å². The van der Waals surface area contributed by atoms with E-state index in [1.165, 1.54) is 5.56 Å². The number of fused-ring (bicyclic) bond motifs is 1. The summed E-state index contributed by atoms with van der Waals surface area (Å²) in [6.07, 6.45) is 1.50. The first kappa shape index (κ1) is 18.7. The third kappa shape index (κ3) is 3.83. The van der Waals surface area contributed by atoms with Crippen molar-refractivity contribution in [2.24, 2.45) is 0 Å². The van der Waals surface area contributed by atoms with Crippen LogP contribution in [0.25, 0.3) is 10.2 Å². The van der Waals surface area contributed by atoms with Gasteiger partial charge in [-0.25, -0.2) is 4.98 Å². The lowest BCUT2D eigenvalue weighted by Gasteiger charge is -2.34. The van der Waals surface area contributed by atoms with Crippen molar-refractivity contribution in [3.8, 4) is 5.75 Å². The Bertz CT molecular complexity index is 960. The molecule has 0 bridgehead atoms. The Balaban J connectivity index is 1.38. The highest BCUT2D eigenvalue weighted by atomic mass is 32.1. The van der Waals surface area contributed by atoms with Gasteiger partial charge in [0.05, 0.1) is 18.2 Å². The van der Waals surface area contributed by atoms with Crippen molar-refractivity contribution in [3.05, 3.63) is 53.6 Å². The van der Waals surface area contributed by atoms with Crippen LogP contribution in [0.4, 0.5) is 5.13 Å². The molecule has 0 N–H and O–H groups in total. The molecule has 0 unspecified atom stereocenters. The summed E-state index contributed by atoms with van der Waals surface area (Å²) in [5, 5.41) is 1.00. The molecule has 0 spiro atoms. The molecule has 2 heterocycles. The topological polar surface area (TPSA) is 45.7 Å². The molecule has 1 aliphatic heterocycles. The van der Waals surface area contributed by atoms with Gasteiger partial charge in [-0.3, -0.25) is 4.79 Å². The monoisotopic (exact) mass is 395 g/mol. The Hall–Kier alpha value is -2.60. The van der Waals surface area contributed by atoms with E-state index >= 15 is 0 Å². The van der Waals surface area contributed by atoms with Gasteiger partial charge in [-0.2, -0.15) is 0 Å². The number of carbonyl (C=O) groups is 1. The number of aryl methyl sites for hydroxylation is 1. The van der Waals surface area contributed by atoms with Gasteiger partial charge < -0.3 is 14.5 Å². The zero-order chi connectivity index (χ0) is 19.5. The number of rotatable bonds is 5. The molecule has 1 aliphatic rings. The quantitative estimate of drug-likeness (QED) is 0.660. The van der Waals surface area contributed by atoms with Crippen LogP contribution in [-0.4, -0.2) is 49.1 Å². The van der Waals surface area contributed by atoms with E-state index < -0.39 is 0 Å². The van der Waals surface area contributed by atoms with Gasteiger partial charge in [0.25, 0.3) is 0 Å². The molecule has 1 fully saturated rings. The van der Waals surface area contributed by atoms with Crippen LogP contribution in [0.1, 0.15) is 18.1 Å². The minimum absolute atomic E-state index is 0.204. The summed E-state index contributed by atoms with van der Waals surface area (Å²) in [4.78, 5) is 21.7. The average molecular weight is 396 g/mol. The molecule has 4 rings (SSSR count). The molecule has 2 aromatic carbocycles. The van der Waals surface area contributed by atoms with Gasteiger partial charge in [0.2, 0.25) is 5.91 Å². The number of para-hydroxylation sites is 1. The Morgan fingerprint density at radius 3 is 2.46 bits per heavy atom. The number of methoxy groups -OCH3 is 1.